The van der Waals surface area contributed by atoms with Gasteiger partial charge in [0.25, 0.3) is 0 Å². The molecule has 0 fully saturated rings. The highest BCUT2D eigenvalue weighted by atomic mass is 31.2. The van der Waals surface area contributed by atoms with Crippen LogP contribution in [0.5, 0.6) is 0 Å². The highest BCUT2D eigenvalue weighted by molar-refractivity contribution is 7.57. The maximum atomic E-state index is 13.8. The van der Waals surface area contributed by atoms with Crippen molar-refractivity contribution < 1.29 is 9.09 Å². The Morgan fingerprint density at radius 3 is 2.31 bits per heavy atom. The summed E-state index contributed by atoms with van der Waals surface area (Å²) < 4.78 is 21.9. The smallest absolute Gasteiger partial charge is 0.330 e. The molecule has 2 aliphatic rings. The predicted molar refractivity (Wildman–Crippen MR) is 107 cm³/mol. The summed E-state index contributed by atoms with van der Waals surface area (Å²) in [5, 5.41) is 0. The lowest BCUT2D eigenvalue weighted by Crippen LogP contribution is -2.13. The second kappa shape index (κ2) is 6.90. The van der Waals surface area contributed by atoms with Crippen molar-refractivity contribution in [1.82, 2.24) is 4.67 Å². The topological polar surface area (TPSA) is 29.5 Å². The van der Waals surface area contributed by atoms with Crippen LogP contribution in [-0.4, -0.2) is 18.8 Å². The zero-order valence-electron chi connectivity index (χ0n) is 15.3. The maximum Gasteiger partial charge on any atom is 0.330 e. The molecule has 0 saturated heterocycles. The Labute approximate surface area is 155 Å². The van der Waals surface area contributed by atoms with Crippen LogP contribution in [0.3, 0.4) is 0 Å². The van der Waals surface area contributed by atoms with Crippen LogP contribution in [0, 0.1) is 0 Å². The maximum absolute atomic E-state index is 13.8. The van der Waals surface area contributed by atoms with Gasteiger partial charge in [-0.3, -0.25) is 4.57 Å². The van der Waals surface area contributed by atoms with Crippen molar-refractivity contribution >= 4 is 13.6 Å². The monoisotopic (exact) mass is 365 g/mol. The van der Waals surface area contributed by atoms with E-state index in [1.165, 1.54) is 5.57 Å². The van der Waals surface area contributed by atoms with Crippen LogP contribution in [-0.2, 0) is 9.09 Å². The van der Waals surface area contributed by atoms with E-state index in [2.05, 4.69) is 30.3 Å². The minimum Gasteiger partial charge on any atom is -0.432 e. The van der Waals surface area contributed by atoms with Gasteiger partial charge in [0.15, 0.2) is 0 Å². The Morgan fingerprint density at radius 2 is 1.65 bits per heavy atom. The Kier molecular flexibility index (Phi) is 4.60. The molecular weight excluding hydrogens is 341 g/mol. The molecule has 0 aromatic heterocycles. The van der Waals surface area contributed by atoms with Gasteiger partial charge in [-0.1, -0.05) is 60.7 Å². The van der Waals surface area contributed by atoms with Crippen LogP contribution in [0.2, 0.25) is 0 Å². The van der Waals surface area contributed by atoms with Gasteiger partial charge < -0.3 is 4.52 Å². The van der Waals surface area contributed by atoms with Crippen molar-refractivity contribution in [3.63, 3.8) is 0 Å². The molecule has 1 aliphatic heterocycles. The van der Waals surface area contributed by atoms with E-state index in [1.54, 1.807) is 4.67 Å². The molecule has 0 saturated carbocycles. The SMILES string of the molecule is CN(C)P1(=O)OC2=C(CCC/C2=C\c2ccccc2)C1c1ccccc1. The minimum absolute atomic E-state index is 0.173. The number of hydrogen-bond donors (Lipinski definition) is 0. The summed E-state index contributed by atoms with van der Waals surface area (Å²) in [6.07, 6.45) is 5.15. The molecule has 1 aliphatic carbocycles. The summed E-state index contributed by atoms with van der Waals surface area (Å²) in [5.41, 5.74) is 4.42. The lowest BCUT2D eigenvalue weighted by atomic mass is 9.88. The number of hydrogen-bond acceptors (Lipinski definition) is 2. The fraction of sp³-hybridized carbons (Fsp3) is 0.273. The lowest BCUT2D eigenvalue weighted by Gasteiger charge is -2.26. The van der Waals surface area contributed by atoms with Crippen molar-refractivity contribution in [2.75, 3.05) is 14.1 Å². The zero-order valence-corrected chi connectivity index (χ0v) is 16.2. The summed E-state index contributed by atoms with van der Waals surface area (Å²) in [7, 11) is 0.711. The average molecular weight is 365 g/mol. The molecule has 2 aromatic carbocycles. The van der Waals surface area contributed by atoms with Gasteiger partial charge in [-0.05, 0) is 61.7 Å². The van der Waals surface area contributed by atoms with E-state index in [0.29, 0.717) is 0 Å². The highest BCUT2D eigenvalue weighted by Gasteiger charge is 2.50. The summed E-state index contributed by atoms with van der Waals surface area (Å²) in [4.78, 5) is 0. The van der Waals surface area contributed by atoms with Crippen molar-refractivity contribution in [3.8, 4) is 0 Å². The van der Waals surface area contributed by atoms with Crippen LogP contribution >= 0.6 is 7.52 Å². The molecule has 0 radical (unpaired) electrons. The normalized spacial score (nSPS) is 26.9. The highest BCUT2D eigenvalue weighted by Crippen LogP contribution is 2.72. The van der Waals surface area contributed by atoms with Gasteiger partial charge in [0.1, 0.15) is 11.4 Å². The van der Waals surface area contributed by atoms with Crippen molar-refractivity contribution in [3.05, 3.63) is 88.7 Å². The van der Waals surface area contributed by atoms with Crippen LogP contribution in [0.1, 0.15) is 36.0 Å². The number of nitrogens with zero attached hydrogens (tertiary/aromatic N) is 1. The van der Waals surface area contributed by atoms with Crippen LogP contribution < -0.4 is 0 Å². The quantitative estimate of drug-likeness (QED) is 0.622. The van der Waals surface area contributed by atoms with Gasteiger partial charge in [-0.2, -0.15) is 0 Å². The first-order valence-electron chi connectivity index (χ1n) is 9.11. The number of rotatable bonds is 3. The van der Waals surface area contributed by atoms with E-state index in [4.69, 9.17) is 4.52 Å². The molecule has 2 aromatic rings. The van der Waals surface area contributed by atoms with E-state index < -0.39 is 7.52 Å². The first-order chi connectivity index (χ1) is 12.6. The fourth-order valence-corrected chi connectivity index (χ4v) is 6.30. The molecule has 2 unspecified atom stereocenters. The summed E-state index contributed by atoms with van der Waals surface area (Å²) in [6.45, 7) is 0. The molecule has 134 valence electrons. The summed E-state index contributed by atoms with van der Waals surface area (Å²) >= 11 is 0. The van der Waals surface area contributed by atoms with E-state index in [0.717, 1.165) is 41.7 Å². The van der Waals surface area contributed by atoms with Crippen LogP contribution in [0.15, 0.2) is 77.6 Å². The fourth-order valence-electron chi connectivity index (χ4n) is 3.89. The lowest BCUT2D eigenvalue weighted by molar-refractivity contribution is 0.366. The van der Waals surface area contributed by atoms with Gasteiger partial charge in [-0.25, -0.2) is 4.67 Å². The summed E-state index contributed by atoms with van der Waals surface area (Å²) in [6, 6.07) is 20.4. The van der Waals surface area contributed by atoms with Gasteiger partial charge in [-0.15, -0.1) is 0 Å². The van der Waals surface area contributed by atoms with E-state index in [-0.39, 0.29) is 5.66 Å². The molecule has 26 heavy (non-hydrogen) atoms. The van der Waals surface area contributed by atoms with E-state index in [9.17, 15) is 4.57 Å². The number of allylic oxidation sites excluding steroid dienone is 2. The first-order valence-corrected chi connectivity index (χ1v) is 10.8. The van der Waals surface area contributed by atoms with Gasteiger partial charge in [0.05, 0.1) is 0 Å². The second-order valence-corrected chi connectivity index (χ2v) is 9.73. The van der Waals surface area contributed by atoms with Crippen molar-refractivity contribution in [2.45, 2.75) is 24.9 Å². The molecule has 0 bridgehead atoms. The standard InChI is InChI=1S/C22H24NO2P/c1-23(2)26(24)22(18-12-7-4-8-13-18)20-15-9-14-19(21(20)25-26)16-17-10-5-3-6-11-17/h3-8,10-13,16,22H,9,14-15H2,1-2H3/b19-16+. The van der Waals surface area contributed by atoms with Gasteiger partial charge in [0, 0.05) is 0 Å². The van der Waals surface area contributed by atoms with Crippen LogP contribution in [0.25, 0.3) is 6.08 Å². The zero-order chi connectivity index (χ0) is 18.1. The Bertz CT molecular complexity index is 900. The van der Waals surface area contributed by atoms with Crippen molar-refractivity contribution in [2.24, 2.45) is 0 Å². The minimum atomic E-state index is -3.00. The third kappa shape index (κ3) is 2.96. The third-order valence-electron chi connectivity index (χ3n) is 5.17. The molecular formula is C22H24NO2P. The van der Waals surface area contributed by atoms with Crippen molar-refractivity contribution in [1.29, 1.82) is 0 Å². The largest absolute Gasteiger partial charge is 0.432 e. The molecule has 0 amide bonds. The molecule has 3 nitrogen and oxygen atoms in total. The Balaban J connectivity index is 1.83. The van der Waals surface area contributed by atoms with E-state index >= 15 is 0 Å². The predicted octanol–water partition coefficient (Wildman–Crippen LogP) is 6.03. The first kappa shape index (κ1) is 17.3. The van der Waals surface area contributed by atoms with Gasteiger partial charge in [0.2, 0.25) is 0 Å². The average Bonchev–Trinajstić information content (AvgIpc) is 2.98. The molecule has 1 heterocycles. The third-order valence-corrected chi connectivity index (χ3v) is 7.99. The molecule has 4 heteroatoms. The second-order valence-electron chi connectivity index (χ2n) is 7.10. The molecule has 4 rings (SSSR count). The van der Waals surface area contributed by atoms with E-state index in [1.807, 2.05) is 50.5 Å². The Morgan fingerprint density at radius 1 is 1.00 bits per heavy atom. The molecule has 0 spiro atoms. The Hall–Kier alpha value is -2.09. The van der Waals surface area contributed by atoms with Crippen LogP contribution in [0.4, 0.5) is 0 Å². The molecule has 2 atom stereocenters. The molecule has 0 N–H and O–H groups in total. The van der Waals surface area contributed by atoms with Gasteiger partial charge >= 0.3 is 7.52 Å². The number of benzene rings is 2. The summed E-state index contributed by atoms with van der Waals surface area (Å²) in [5.74, 6) is 0.867.